The number of benzene rings is 1. The summed E-state index contributed by atoms with van der Waals surface area (Å²) in [6, 6.07) is 7.37. The number of amides is 1. The molecule has 0 atom stereocenters. The Labute approximate surface area is 120 Å². The zero-order chi connectivity index (χ0) is 15.0. The predicted octanol–water partition coefficient (Wildman–Crippen LogP) is 1.71. The van der Waals surface area contributed by atoms with Gasteiger partial charge in [0.25, 0.3) is 0 Å². The van der Waals surface area contributed by atoms with Crippen LogP contribution in [0.1, 0.15) is 26.7 Å². The van der Waals surface area contributed by atoms with Crippen molar-refractivity contribution in [2.45, 2.75) is 32.2 Å². The highest BCUT2D eigenvalue weighted by molar-refractivity contribution is 5.76. The molecule has 0 radical (unpaired) electrons. The average Bonchev–Trinajstić information content (AvgIpc) is 2.44. The van der Waals surface area contributed by atoms with Crippen LogP contribution in [-0.2, 0) is 4.79 Å². The number of nitrogens with one attached hydrogen (secondary N) is 1. The van der Waals surface area contributed by atoms with E-state index in [0.29, 0.717) is 26.0 Å². The maximum atomic E-state index is 11.7. The summed E-state index contributed by atoms with van der Waals surface area (Å²) >= 11 is 0. The second-order valence-corrected chi connectivity index (χ2v) is 5.26. The second kappa shape index (κ2) is 7.75. The molecule has 0 aromatic heterocycles. The Bertz CT molecular complexity index is 416. The van der Waals surface area contributed by atoms with Gasteiger partial charge in [-0.2, -0.15) is 0 Å². The van der Waals surface area contributed by atoms with Crippen molar-refractivity contribution in [1.82, 2.24) is 5.32 Å². The van der Waals surface area contributed by atoms with E-state index in [2.05, 4.69) is 5.32 Å². The van der Waals surface area contributed by atoms with Crippen LogP contribution in [0, 0.1) is 0 Å². The van der Waals surface area contributed by atoms with Gasteiger partial charge < -0.3 is 20.5 Å². The summed E-state index contributed by atoms with van der Waals surface area (Å²) in [5, 5.41) is 2.88. The maximum Gasteiger partial charge on any atom is 0.220 e. The Morgan fingerprint density at radius 1 is 1.25 bits per heavy atom. The average molecular weight is 280 g/mol. The van der Waals surface area contributed by atoms with Crippen LogP contribution in [0.4, 0.5) is 0 Å². The van der Waals surface area contributed by atoms with Gasteiger partial charge >= 0.3 is 0 Å². The fourth-order valence-corrected chi connectivity index (χ4v) is 1.59. The molecule has 0 saturated carbocycles. The number of ether oxygens (including phenoxy) is 2. The summed E-state index contributed by atoms with van der Waals surface area (Å²) in [7, 11) is 1.62. The first-order valence-electron chi connectivity index (χ1n) is 6.75. The summed E-state index contributed by atoms with van der Waals surface area (Å²) < 4.78 is 10.6. The Balaban J connectivity index is 2.22. The normalized spacial score (nSPS) is 11.0. The van der Waals surface area contributed by atoms with E-state index in [1.807, 2.05) is 38.1 Å². The molecule has 5 heteroatoms. The van der Waals surface area contributed by atoms with E-state index in [9.17, 15) is 4.79 Å². The molecule has 20 heavy (non-hydrogen) atoms. The summed E-state index contributed by atoms with van der Waals surface area (Å²) in [6.07, 6.45) is 1.10. The van der Waals surface area contributed by atoms with E-state index in [0.717, 1.165) is 11.5 Å². The third-order valence-corrected chi connectivity index (χ3v) is 2.86. The van der Waals surface area contributed by atoms with Crippen molar-refractivity contribution in [3.63, 3.8) is 0 Å². The molecule has 0 bridgehead atoms. The molecule has 1 aromatic rings. The van der Waals surface area contributed by atoms with Crippen molar-refractivity contribution in [3.05, 3.63) is 24.3 Å². The monoisotopic (exact) mass is 280 g/mol. The topological polar surface area (TPSA) is 73.6 Å². The Morgan fingerprint density at radius 3 is 2.40 bits per heavy atom. The van der Waals surface area contributed by atoms with Gasteiger partial charge in [0.2, 0.25) is 5.91 Å². The van der Waals surface area contributed by atoms with Crippen LogP contribution >= 0.6 is 0 Å². The molecule has 112 valence electrons. The lowest BCUT2D eigenvalue weighted by molar-refractivity contribution is -0.122. The molecule has 0 unspecified atom stereocenters. The van der Waals surface area contributed by atoms with Crippen molar-refractivity contribution >= 4 is 5.91 Å². The van der Waals surface area contributed by atoms with Crippen molar-refractivity contribution < 1.29 is 14.3 Å². The molecule has 0 fully saturated rings. The van der Waals surface area contributed by atoms with Gasteiger partial charge in [-0.3, -0.25) is 4.79 Å². The molecular formula is C15H24N2O3. The van der Waals surface area contributed by atoms with Gasteiger partial charge in [-0.15, -0.1) is 0 Å². The van der Waals surface area contributed by atoms with Gasteiger partial charge in [-0.1, -0.05) is 0 Å². The van der Waals surface area contributed by atoms with Gasteiger partial charge in [0, 0.05) is 18.5 Å². The van der Waals surface area contributed by atoms with E-state index in [-0.39, 0.29) is 11.4 Å². The van der Waals surface area contributed by atoms with Crippen LogP contribution < -0.4 is 20.5 Å². The van der Waals surface area contributed by atoms with Crippen LogP contribution in [-0.4, -0.2) is 31.7 Å². The lowest BCUT2D eigenvalue weighted by atomic mass is 10.1. The highest BCUT2D eigenvalue weighted by atomic mass is 16.5. The third-order valence-electron chi connectivity index (χ3n) is 2.86. The second-order valence-electron chi connectivity index (χ2n) is 5.26. The molecule has 1 aromatic carbocycles. The molecule has 3 N–H and O–H groups in total. The fraction of sp³-hybridized carbons (Fsp3) is 0.533. The van der Waals surface area contributed by atoms with E-state index >= 15 is 0 Å². The number of rotatable bonds is 8. The molecule has 0 spiro atoms. The van der Waals surface area contributed by atoms with Crippen molar-refractivity contribution in [2.75, 3.05) is 20.3 Å². The minimum Gasteiger partial charge on any atom is -0.497 e. The van der Waals surface area contributed by atoms with Crippen LogP contribution in [0.5, 0.6) is 11.5 Å². The smallest absolute Gasteiger partial charge is 0.220 e. The lowest BCUT2D eigenvalue weighted by Crippen LogP contribution is -2.48. The van der Waals surface area contributed by atoms with Crippen molar-refractivity contribution in [3.8, 4) is 11.5 Å². The third kappa shape index (κ3) is 5.93. The van der Waals surface area contributed by atoms with E-state index < -0.39 is 0 Å². The molecule has 5 nitrogen and oxygen atoms in total. The summed E-state index contributed by atoms with van der Waals surface area (Å²) in [5.74, 6) is 1.56. The first-order chi connectivity index (χ1) is 9.46. The van der Waals surface area contributed by atoms with E-state index in [1.165, 1.54) is 0 Å². The van der Waals surface area contributed by atoms with Gasteiger partial charge in [-0.05, 0) is 44.5 Å². The minimum atomic E-state index is -0.353. The number of hydrogen-bond donors (Lipinski definition) is 2. The van der Waals surface area contributed by atoms with Gasteiger partial charge in [-0.25, -0.2) is 0 Å². The Kier molecular flexibility index (Phi) is 6.31. The zero-order valence-corrected chi connectivity index (χ0v) is 12.4. The number of carbonyl (C=O) groups is 1. The zero-order valence-electron chi connectivity index (χ0n) is 12.4. The molecule has 0 aliphatic rings. The first-order valence-corrected chi connectivity index (χ1v) is 6.75. The fourth-order valence-electron chi connectivity index (χ4n) is 1.59. The van der Waals surface area contributed by atoms with Crippen LogP contribution in [0.15, 0.2) is 24.3 Å². The van der Waals surface area contributed by atoms with E-state index in [1.54, 1.807) is 7.11 Å². The first kappa shape index (κ1) is 16.3. The lowest BCUT2D eigenvalue weighted by Gasteiger charge is -2.24. The van der Waals surface area contributed by atoms with Crippen LogP contribution in [0.2, 0.25) is 0 Å². The maximum absolute atomic E-state index is 11.7. The highest BCUT2D eigenvalue weighted by Gasteiger charge is 2.17. The Hall–Kier alpha value is -1.75. The number of methoxy groups -OCH3 is 1. The summed E-state index contributed by atoms with van der Waals surface area (Å²) in [6.45, 7) is 4.72. The molecule has 1 rings (SSSR count). The molecular weight excluding hydrogens is 256 g/mol. The standard InChI is InChI=1S/C15H24N2O3/c1-15(2,11-16)17-14(18)5-4-10-20-13-8-6-12(19-3)7-9-13/h6-9H,4-5,10-11,16H2,1-3H3,(H,17,18). The number of carbonyl (C=O) groups excluding carboxylic acids is 1. The predicted molar refractivity (Wildman–Crippen MR) is 79.0 cm³/mol. The number of nitrogens with two attached hydrogens (primary N) is 1. The van der Waals surface area contributed by atoms with Gasteiger partial charge in [0.15, 0.2) is 0 Å². The van der Waals surface area contributed by atoms with E-state index in [4.69, 9.17) is 15.2 Å². The van der Waals surface area contributed by atoms with Gasteiger partial charge in [0.05, 0.1) is 13.7 Å². The summed E-state index contributed by atoms with van der Waals surface area (Å²) in [5.41, 5.74) is 5.21. The quantitative estimate of drug-likeness (QED) is 0.711. The number of hydrogen-bond acceptors (Lipinski definition) is 4. The van der Waals surface area contributed by atoms with Crippen molar-refractivity contribution in [2.24, 2.45) is 5.73 Å². The molecule has 0 aliphatic carbocycles. The molecule has 0 heterocycles. The Morgan fingerprint density at radius 2 is 1.85 bits per heavy atom. The van der Waals surface area contributed by atoms with Crippen LogP contribution in [0.3, 0.4) is 0 Å². The largest absolute Gasteiger partial charge is 0.497 e. The summed E-state index contributed by atoms with van der Waals surface area (Å²) in [4.78, 5) is 11.7. The molecule has 0 saturated heterocycles. The molecule has 1 amide bonds. The highest BCUT2D eigenvalue weighted by Crippen LogP contribution is 2.17. The molecule has 0 aliphatic heterocycles. The van der Waals surface area contributed by atoms with Gasteiger partial charge in [0.1, 0.15) is 11.5 Å². The van der Waals surface area contributed by atoms with Crippen LogP contribution in [0.25, 0.3) is 0 Å². The SMILES string of the molecule is COc1ccc(OCCCC(=O)NC(C)(C)CN)cc1. The minimum absolute atomic E-state index is 0.00113. The van der Waals surface area contributed by atoms with Crippen molar-refractivity contribution in [1.29, 1.82) is 0 Å².